The minimum atomic E-state index is -3.76. The summed E-state index contributed by atoms with van der Waals surface area (Å²) < 4.78 is 35.5. The summed E-state index contributed by atoms with van der Waals surface area (Å²) in [4.78, 5) is 0.272. The highest BCUT2D eigenvalue weighted by atomic mass is 32.2. The van der Waals surface area contributed by atoms with E-state index in [1.54, 1.807) is 12.1 Å². The van der Waals surface area contributed by atoms with Gasteiger partial charge < -0.3 is 10.1 Å². The molecule has 0 spiro atoms. The number of hydrogen-bond acceptors (Lipinski definition) is 4. The Morgan fingerprint density at radius 1 is 0.946 bits per heavy atom. The van der Waals surface area contributed by atoms with Crippen molar-refractivity contribution in [1.82, 2.24) is 0 Å². The van der Waals surface area contributed by atoms with Crippen LogP contribution in [0.4, 0.5) is 11.4 Å². The first-order valence-electron chi connectivity index (χ1n) is 12.7. The summed E-state index contributed by atoms with van der Waals surface area (Å²) in [5, 5.41) is 5.57. The van der Waals surface area contributed by atoms with Gasteiger partial charge in [-0.25, -0.2) is 8.42 Å². The Kier molecular flexibility index (Phi) is 5.92. The zero-order valence-electron chi connectivity index (χ0n) is 20.9. The molecule has 0 bridgehead atoms. The molecule has 4 aromatic carbocycles. The van der Waals surface area contributed by atoms with Crippen LogP contribution in [0.25, 0.3) is 10.8 Å². The number of ether oxygens (including phenoxy) is 1. The summed E-state index contributed by atoms with van der Waals surface area (Å²) in [5.74, 6) is 1.33. The van der Waals surface area contributed by atoms with Crippen molar-refractivity contribution < 1.29 is 13.2 Å². The first-order chi connectivity index (χ1) is 17.9. The molecule has 0 amide bonds. The van der Waals surface area contributed by atoms with Crippen LogP contribution in [0.15, 0.2) is 102 Å². The molecule has 6 heteroatoms. The third-order valence-electron chi connectivity index (χ3n) is 7.29. The molecule has 1 aliphatic heterocycles. The molecule has 0 saturated heterocycles. The van der Waals surface area contributed by atoms with Gasteiger partial charge in [0.25, 0.3) is 10.0 Å². The lowest BCUT2D eigenvalue weighted by Gasteiger charge is -2.37. The zero-order valence-corrected chi connectivity index (χ0v) is 21.7. The molecule has 5 nitrogen and oxygen atoms in total. The van der Waals surface area contributed by atoms with E-state index in [0.29, 0.717) is 11.6 Å². The predicted octanol–water partition coefficient (Wildman–Crippen LogP) is 7.25. The second-order valence-electron chi connectivity index (χ2n) is 10.1. The van der Waals surface area contributed by atoms with E-state index in [1.165, 1.54) is 5.56 Å². The van der Waals surface area contributed by atoms with E-state index in [1.807, 2.05) is 74.5 Å². The Morgan fingerprint density at radius 3 is 2.54 bits per heavy atom. The molecule has 0 radical (unpaired) electrons. The normalized spacial score (nSPS) is 20.4. The minimum absolute atomic E-state index is 0.134. The van der Waals surface area contributed by atoms with Crippen LogP contribution in [0.1, 0.15) is 43.4 Å². The Bertz CT molecular complexity index is 1590. The Labute approximate surface area is 218 Å². The fourth-order valence-electron chi connectivity index (χ4n) is 5.61. The number of fused-ring (bicyclic) bond motifs is 4. The van der Waals surface area contributed by atoms with Crippen molar-refractivity contribution in [2.45, 2.75) is 43.2 Å². The first kappa shape index (κ1) is 23.6. The van der Waals surface area contributed by atoms with E-state index in [2.05, 4.69) is 34.3 Å². The van der Waals surface area contributed by atoms with Crippen LogP contribution in [-0.2, 0) is 10.0 Å². The molecule has 1 heterocycles. The number of anilines is 2. The maximum Gasteiger partial charge on any atom is 0.261 e. The van der Waals surface area contributed by atoms with Crippen LogP contribution in [0.5, 0.6) is 5.75 Å². The van der Waals surface area contributed by atoms with E-state index in [9.17, 15) is 8.42 Å². The summed E-state index contributed by atoms with van der Waals surface area (Å²) in [7, 11) is -3.76. The lowest BCUT2D eigenvalue weighted by atomic mass is 9.77. The highest BCUT2D eigenvalue weighted by Crippen LogP contribution is 2.50. The monoisotopic (exact) mass is 510 g/mol. The van der Waals surface area contributed by atoms with E-state index < -0.39 is 10.0 Å². The molecule has 0 unspecified atom stereocenters. The highest BCUT2D eigenvalue weighted by molar-refractivity contribution is 7.92. The van der Waals surface area contributed by atoms with Gasteiger partial charge in [0.2, 0.25) is 0 Å². The number of benzene rings is 4. The number of allylic oxidation sites excluding steroid dienone is 2. The minimum Gasteiger partial charge on any atom is -0.491 e. The van der Waals surface area contributed by atoms with E-state index >= 15 is 0 Å². The second kappa shape index (κ2) is 9.27. The summed E-state index contributed by atoms with van der Waals surface area (Å²) in [6, 6.07) is 27.3. The summed E-state index contributed by atoms with van der Waals surface area (Å²) in [6.45, 7) is 4.04. The van der Waals surface area contributed by atoms with Crippen molar-refractivity contribution >= 4 is 32.2 Å². The molecule has 0 aromatic heterocycles. The number of sulfonamides is 1. The SMILES string of the molecule is CC(C)Oc1ccc([C@H]2Nc3ccc(S(=O)(=O)Nc4cccc5ccccc45)cc3[C@H]3C=CC[C@H]32)cc1. The van der Waals surface area contributed by atoms with Crippen molar-refractivity contribution in [2.75, 3.05) is 10.0 Å². The summed E-state index contributed by atoms with van der Waals surface area (Å²) in [5.41, 5.74) is 3.78. The van der Waals surface area contributed by atoms with Crippen LogP contribution in [-0.4, -0.2) is 14.5 Å². The quantitative estimate of drug-likeness (QED) is 0.268. The molecular weight excluding hydrogens is 480 g/mol. The molecule has 6 rings (SSSR count). The van der Waals surface area contributed by atoms with Gasteiger partial charge in [0.15, 0.2) is 0 Å². The highest BCUT2D eigenvalue weighted by Gasteiger charge is 2.38. The molecule has 3 atom stereocenters. The van der Waals surface area contributed by atoms with Crippen LogP contribution in [0.2, 0.25) is 0 Å². The largest absolute Gasteiger partial charge is 0.491 e. The Hall–Kier alpha value is -3.77. The Balaban J connectivity index is 1.30. The first-order valence-corrected chi connectivity index (χ1v) is 14.2. The second-order valence-corrected chi connectivity index (χ2v) is 11.8. The summed E-state index contributed by atoms with van der Waals surface area (Å²) >= 11 is 0. The predicted molar refractivity (Wildman–Crippen MR) is 150 cm³/mol. The average molecular weight is 511 g/mol. The molecule has 1 aliphatic carbocycles. The van der Waals surface area contributed by atoms with Gasteiger partial charge >= 0.3 is 0 Å². The smallest absolute Gasteiger partial charge is 0.261 e. The van der Waals surface area contributed by atoms with Crippen molar-refractivity contribution in [3.8, 4) is 5.75 Å². The lowest BCUT2D eigenvalue weighted by molar-refractivity contribution is 0.242. The van der Waals surface area contributed by atoms with Crippen molar-refractivity contribution in [3.63, 3.8) is 0 Å². The van der Waals surface area contributed by atoms with E-state index in [4.69, 9.17) is 4.74 Å². The Morgan fingerprint density at radius 2 is 1.73 bits per heavy atom. The van der Waals surface area contributed by atoms with Gasteiger partial charge in [0.1, 0.15) is 5.75 Å². The number of nitrogens with one attached hydrogen (secondary N) is 2. The maximum atomic E-state index is 13.5. The van der Waals surface area contributed by atoms with Crippen LogP contribution < -0.4 is 14.8 Å². The van der Waals surface area contributed by atoms with Crippen molar-refractivity contribution in [3.05, 3.63) is 108 Å². The third kappa shape index (κ3) is 4.46. The van der Waals surface area contributed by atoms with Gasteiger partial charge in [0.05, 0.1) is 22.7 Å². The standard InChI is InChI=1S/C31H30N2O3S/c1-20(2)36-23-15-13-22(14-16-23)31-27-11-6-10-26(27)28-19-24(17-18-29(28)32-31)37(34,35)33-30-12-5-8-21-7-3-4-9-25(21)30/h3-10,12-20,26-27,31-33H,11H2,1-2H3/t26-,27+,31+/m0/s1. The fourth-order valence-corrected chi connectivity index (χ4v) is 6.73. The maximum absolute atomic E-state index is 13.5. The average Bonchev–Trinajstić information content (AvgIpc) is 3.39. The molecular formula is C31H30N2O3S. The van der Waals surface area contributed by atoms with Crippen molar-refractivity contribution in [2.24, 2.45) is 5.92 Å². The van der Waals surface area contributed by atoms with Gasteiger partial charge in [-0.15, -0.1) is 0 Å². The third-order valence-corrected chi connectivity index (χ3v) is 8.65. The molecule has 188 valence electrons. The number of hydrogen-bond donors (Lipinski definition) is 2. The van der Waals surface area contributed by atoms with Crippen LogP contribution in [0.3, 0.4) is 0 Å². The van der Waals surface area contributed by atoms with Gasteiger partial charge in [0, 0.05) is 17.0 Å². The van der Waals surface area contributed by atoms with E-state index in [-0.39, 0.29) is 23.0 Å². The van der Waals surface area contributed by atoms with Gasteiger partial charge in [-0.3, -0.25) is 4.72 Å². The van der Waals surface area contributed by atoms with Crippen LogP contribution >= 0.6 is 0 Å². The van der Waals surface area contributed by atoms with Gasteiger partial charge in [-0.1, -0.05) is 60.7 Å². The zero-order chi connectivity index (χ0) is 25.6. The molecule has 0 saturated carbocycles. The van der Waals surface area contributed by atoms with E-state index in [0.717, 1.165) is 34.2 Å². The molecule has 2 N–H and O–H groups in total. The molecule has 4 aromatic rings. The molecule has 2 aliphatic rings. The van der Waals surface area contributed by atoms with Gasteiger partial charge in [-0.2, -0.15) is 0 Å². The fraction of sp³-hybridized carbons (Fsp3) is 0.226. The van der Waals surface area contributed by atoms with Gasteiger partial charge in [-0.05, 0) is 79.1 Å². The number of rotatable bonds is 6. The topological polar surface area (TPSA) is 67.4 Å². The molecule has 37 heavy (non-hydrogen) atoms. The summed E-state index contributed by atoms with van der Waals surface area (Å²) in [6.07, 6.45) is 5.51. The van der Waals surface area contributed by atoms with Crippen molar-refractivity contribution in [1.29, 1.82) is 0 Å². The lowest BCUT2D eigenvalue weighted by Crippen LogP contribution is -2.29. The van der Waals surface area contributed by atoms with Crippen LogP contribution in [0, 0.1) is 5.92 Å². The molecule has 0 fully saturated rings.